The summed E-state index contributed by atoms with van der Waals surface area (Å²) < 4.78 is 1.98. The average Bonchev–Trinajstić information content (AvgIpc) is 2.68. The van der Waals surface area contributed by atoms with Gasteiger partial charge in [0.25, 0.3) is 5.56 Å². The molecule has 4 nitrogen and oxygen atoms in total. The van der Waals surface area contributed by atoms with E-state index in [1.807, 2.05) is 24.6 Å². The summed E-state index contributed by atoms with van der Waals surface area (Å²) in [5, 5.41) is 3.72. The van der Waals surface area contributed by atoms with Crippen LogP contribution in [0.15, 0.2) is 10.9 Å². The molecule has 2 rings (SSSR count). The molecular formula is C15H23N3O. The number of aromatic nitrogens is 3. The van der Waals surface area contributed by atoms with Crippen molar-refractivity contribution in [3.63, 3.8) is 0 Å². The summed E-state index contributed by atoms with van der Waals surface area (Å²) in [5.41, 5.74) is 2.76. The van der Waals surface area contributed by atoms with E-state index >= 15 is 0 Å². The Labute approximate surface area is 113 Å². The lowest BCUT2D eigenvalue weighted by Gasteiger charge is -2.16. The molecule has 0 aliphatic carbocycles. The van der Waals surface area contributed by atoms with E-state index in [4.69, 9.17) is 0 Å². The number of pyridine rings is 1. The molecule has 0 saturated carbocycles. The lowest BCUT2D eigenvalue weighted by molar-refractivity contribution is 0.407. The number of hydrogen-bond donors (Lipinski definition) is 1. The summed E-state index contributed by atoms with van der Waals surface area (Å²) >= 11 is 0. The van der Waals surface area contributed by atoms with Crippen molar-refractivity contribution in [3.05, 3.63) is 27.7 Å². The number of aryl methyl sites for hydroxylation is 2. The normalized spacial score (nSPS) is 13.1. The van der Waals surface area contributed by atoms with Gasteiger partial charge < -0.3 is 0 Å². The third-order valence-corrected chi connectivity index (χ3v) is 3.73. The van der Waals surface area contributed by atoms with Crippen LogP contribution >= 0.6 is 0 Å². The molecule has 0 radical (unpaired) electrons. The highest BCUT2D eigenvalue weighted by atomic mass is 16.1. The van der Waals surface area contributed by atoms with Gasteiger partial charge in [0.05, 0.1) is 11.4 Å². The minimum absolute atomic E-state index is 0.0186. The zero-order chi connectivity index (χ0) is 14.0. The fourth-order valence-corrected chi connectivity index (χ4v) is 2.71. The third-order valence-electron chi connectivity index (χ3n) is 3.73. The highest BCUT2D eigenvalue weighted by Gasteiger charge is 2.16. The van der Waals surface area contributed by atoms with E-state index in [1.54, 1.807) is 0 Å². The molecule has 1 atom stereocenters. The van der Waals surface area contributed by atoms with Crippen molar-refractivity contribution in [2.24, 2.45) is 0 Å². The van der Waals surface area contributed by atoms with Gasteiger partial charge in [0.15, 0.2) is 5.65 Å². The first kappa shape index (κ1) is 13.8. The maximum Gasteiger partial charge on any atom is 0.273 e. The molecular weight excluding hydrogens is 238 g/mol. The summed E-state index contributed by atoms with van der Waals surface area (Å²) in [4.78, 5) is 16.7. The molecule has 104 valence electrons. The van der Waals surface area contributed by atoms with Crippen LogP contribution in [0.2, 0.25) is 0 Å². The molecule has 0 aliphatic rings. The van der Waals surface area contributed by atoms with Gasteiger partial charge in [-0.25, -0.2) is 4.98 Å². The Morgan fingerprint density at radius 2 is 2.11 bits per heavy atom. The van der Waals surface area contributed by atoms with Crippen LogP contribution < -0.4 is 5.56 Å². The highest BCUT2D eigenvalue weighted by Crippen LogP contribution is 2.23. The van der Waals surface area contributed by atoms with Crippen molar-refractivity contribution in [1.82, 2.24) is 14.8 Å². The summed E-state index contributed by atoms with van der Waals surface area (Å²) in [5.74, 6) is 0. The second-order valence-corrected chi connectivity index (χ2v) is 5.29. The number of aromatic amines is 1. The van der Waals surface area contributed by atoms with Crippen molar-refractivity contribution in [3.8, 4) is 0 Å². The minimum atomic E-state index is -0.0186. The van der Waals surface area contributed by atoms with Crippen molar-refractivity contribution >= 4 is 11.0 Å². The van der Waals surface area contributed by atoms with E-state index in [9.17, 15) is 4.79 Å². The van der Waals surface area contributed by atoms with Crippen LogP contribution in [0, 0.1) is 13.8 Å². The van der Waals surface area contributed by atoms with E-state index in [0.717, 1.165) is 35.1 Å². The third kappa shape index (κ3) is 2.57. The minimum Gasteiger partial charge on any atom is -0.267 e. The van der Waals surface area contributed by atoms with Crippen molar-refractivity contribution in [1.29, 1.82) is 0 Å². The average molecular weight is 261 g/mol. The van der Waals surface area contributed by atoms with Gasteiger partial charge in [-0.3, -0.25) is 14.6 Å². The van der Waals surface area contributed by atoms with E-state index < -0.39 is 0 Å². The molecule has 0 saturated heterocycles. The fourth-order valence-electron chi connectivity index (χ4n) is 2.71. The van der Waals surface area contributed by atoms with E-state index in [-0.39, 0.29) is 5.56 Å². The number of hydrogen-bond acceptors (Lipinski definition) is 2. The van der Waals surface area contributed by atoms with E-state index in [2.05, 4.69) is 23.9 Å². The topological polar surface area (TPSA) is 50.7 Å². The predicted octanol–water partition coefficient (Wildman–Crippen LogP) is 3.48. The predicted molar refractivity (Wildman–Crippen MR) is 78.7 cm³/mol. The molecule has 1 N–H and O–H groups in total. The van der Waals surface area contributed by atoms with Gasteiger partial charge in [0, 0.05) is 5.69 Å². The molecule has 2 aromatic heterocycles. The molecule has 0 aromatic carbocycles. The molecule has 0 aliphatic heterocycles. The zero-order valence-corrected chi connectivity index (χ0v) is 12.3. The molecule has 4 heteroatoms. The van der Waals surface area contributed by atoms with Crippen LogP contribution in [0.4, 0.5) is 0 Å². The van der Waals surface area contributed by atoms with Gasteiger partial charge in [-0.15, -0.1) is 0 Å². The fraction of sp³-hybridized carbons (Fsp3) is 0.600. The number of unbranched alkanes of at least 4 members (excludes halogenated alkanes) is 1. The molecule has 2 aromatic rings. The standard InChI is InChI=1S/C15H23N3O/c1-5-7-8-12(6-2)18-14-13(15(19)17-18)10(3)9-11(4)16-14/h9,12H,5-8H2,1-4H3,(H,17,19)/t12-/m0/s1. The largest absolute Gasteiger partial charge is 0.273 e. The van der Waals surface area contributed by atoms with Crippen molar-refractivity contribution in [2.45, 2.75) is 59.4 Å². The number of nitrogens with zero attached hydrogens (tertiary/aromatic N) is 2. The van der Waals surface area contributed by atoms with Crippen LogP contribution in [0.3, 0.4) is 0 Å². The number of H-pyrrole nitrogens is 1. The Morgan fingerprint density at radius 3 is 2.74 bits per heavy atom. The Hall–Kier alpha value is -1.58. The lowest BCUT2D eigenvalue weighted by atomic mass is 10.1. The van der Waals surface area contributed by atoms with Crippen LogP contribution in [0.5, 0.6) is 0 Å². The van der Waals surface area contributed by atoms with Crippen LogP contribution in [-0.4, -0.2) is 14.8 Å². The number of fused-ring (bicyclic) bond motifs is 1. The van der Waals surface area contributed by atoms with Crippen molar-refractivity contribution in [2.75, 3.05) is 0 Å². The maximum absolute atomic E-state index is 12.1. The Balaban J connectivity index is 2.57. The highest BCUT2D eigenvalue weighted by molar-refractivity contribution is 5.78. The Morgan fingerprint density at radius 1 is 1.37 bits per heavy atom. The van der Waals surface area contributed by atoms with Gasteiger partial charge in [-0.2, -0.15) is 0 Å². The van der Waals surface area contributed by atoms with Crippen LogP contribution in [-0.2, 0) is 0 Å². The zero-order valence-electron chi connectivity index (χ0n) is 12.3. The first-order chi connectivity index (χ1) is 9.08. The lowest BCUT2D eigenvalue weighted by Crippen LogP contribution is -2.13. The van der Waals surface area contributed by atoms with Gasteiger partial charge in [0.2, 0.25) is 0 Å². The molecule has 0 amide bonds. The maximum atomic E-state index is 12.1. The molecule has 2 heterocycles. The summed E-state index contributed by atoms with van der Waals surface area (Å²) in [6, 6.07) is 2.30. The first-order valence-electron chi connectivity index (χ1n) is 7.16. The van der Waals surface area contributed by atoms with Gasteiger partial charge in [0.1, 0.15) is 0 Å². The van der Waals surface area contributed by atoms with Gasteiger partial charge in [-0.1, -0.05) is 26.7 Å². The van der Waals surface area contributed by atoms with E-state index in [1.165, 1.54) is 12.8 Å². The number of rotatable bonds is 5. The van der Waals surface area contributed by atoms with E-state index in [0.29, 0.717) is 6.04 Å². The first-order valence-corrected chi connectivity index (χ1v) is 7.16. The molecule has 19 heavy (non-hydrogen) atoms. The van der Waals surface area contributed by atoms with Crippen LogP contribution in [0.1, 0.15) is 56.8 Å². The summed E-state index contributed by atoms with van der Waals surface area (Å²) in [6.07, 6.45) is 4.44. The van der Waals surface area contributed by atoms with Gasteiger partial charge in [-0.05, 0) is 38.3 Å². The quantitative estimate of drug-likeness (QED) is 0.895. The summed E-state index contributed by atoms with van der Waals surface area (Å²) in [7, 11) is 0. The van der Waals surface area contributed by atoms with Crippen molar-refractivity contribution < 1.29 is 0 Å². The second-order valence-electron chi connectivity index (χ2n) is 5.29. The SMILES string of the molecule is CCCC[C@H](CC)n1[nH]c(=O)c2c(C)cc(C)nc21. The second kappa shape index (κ2) is 5.59. The smallest absolute Gasteiger partial charge is 0.267 e. The monoisotopic (exact) mass is 261 g/mol. The Kier molecular flexibility index (Phi) is 4.08. The Bertz CT molecular complexity index is 624. The summed E-state index contributed by atoms with van der Waals surface area (Å²) in [6.45, 7) is 8.30. The molecule has 0 bridgehead atoms. The molecule has 0 fully saturated rings. The molecule has 0 unspecified atom stereocenters. The van der Waals surface area contributed by atoms with Gasteiger partial charge >= 0.3 is 0 Å². The number of nitrogens with one attached hydrogen (secondary N) is 1. The molecule has 0 spiro atoms. The van der Waals surface area contributed by atoms with Crippen LogP contribution in [0.25, 0.3) is 11.0 Å².